The third kappa shape index (κ3) is 3.60. The summed E-state index contributed by atoms with van der Waals surface area (Å²) in [7, 11) is 0.0201. The van der Waals surface area contributed by atoms with Gasteiger partial charge in [-0.15, -0.1) is 0 Å². The van der Waals surface area contributed by atoms with Crippen molar-refractivity contribution in [2.24, 2.45) is 0 Å². The van der Waals surface area contributed by atoms with Crippen LogP contribution < -0.4 is 9.47 Å². The summed E-state index contributed by atoms with van der Waals surface area (Å²) in [5.41, 5.74) is 1.28. The highest BCUT2D eigenvalue weighted by Crippen LogP contribution is 2.31. The van der Waals surface area contributed by atoms with Crippen molar-refractivity contribution in [2.45, 2.75) is 26.3 Å². The van der Waals surface area contributed by atoms with Crippen LogP contribution in [-0.4, -0.2) is 57.5 Å². The van der Waals surface area contributed by atoms with Crippen LogP contribution in [0.1, 0.15) is 29.3 Å². The first kappa shape index (κ1) is 17.6. The Morgan fingerprint density at radius 1 is 1.26 bits per heavy atom. The molecule has 1 amide bonds. The molecule has 23 heavy (non-hydrogen) atoms. The van der Waals surface area contributed by atoms with Gasteiger partial charge in [-0.1, -0.05) is 0 Å². The lowest BCUT2D eigenvalue weighted by Crippen LogP contribution is -2.41. The first-order chi connectivity index (χ1) is 10.8. The first-order valence-electron chi connectivity index (χ1n) is 7.57. The SMILES string of the molecule is CCN(C(=O)c1cc(OC)c(OC)cc1C)C1CCS(=O)(=O)C1. The van der Waals surface area contributed by atoms with E-state index in [4.69, 9.17) is 9.47 Å². The number of benzene rings is 1. The van der Waals surface area contributed by atoms with Crippen LogP contribution in [0.4, 0.5) is 0 Å². The predicted molar refractivity (Wildman–Crippen MR) is 88.1 cm³/mol. The molecule has 0 saturated carbocycles. The Hall–Kier alpha value is -1.76. The molecule has 1 aromatic rings. The molecule has 1 heterocycles. The molecule has 2 rings (SSSR count). The molecule has 0 aromatic heterocycles. The third-order valence-electron chi connectivity index (χ3n) is 4.21. The van der Waals surface area contributed by atoms with E-state index in [1.165, 1.54) is 7.11 Å². The molecule has 1 aromatic carbocycles. The molecule has 1 aliphatic rings. The van der Waals surface area contributed by atoms with Gasteiger partial charge in [0.25, 0.3) is 5.91 Å². The largest absolute Gasteiger partial charge is 0.493 e. The number of methoxy groups -OCH3 is 2. The molecule has 0 spiro atoms. The van der Waals surface area contributed by atoms with Crippen LogP contribution in [0, 0.1) is 6.92 Å². The standard InChI is InChI=1S/C16H23NO5S/c1-5-17(12-6-7-23(19,20)10-12)16(18)13-9-15(22-4)14(21-3)8-11(13)2/h8-9,12H,5-7,10H2,1-4H3. The van der Waals surface area contributed by atoms with Gasteiger partial charge in [-0.2, -0.15) is 0 Å². The quantitative estimate of drug-likeness (QED) is 0.814. The average Bonchev–Trinajstić information content (AvgIpc) is 2.87. The van der Waals surface area contributed by atoms with Crippen LogP contribution >= 0.6 is 0 Å². The van der Waals surface area contributed by atoms with Crippen LogP contribution in [0.2, 0.25) is 0 Å². The molecule has 0 radical (unpaired) electrons. The van der Waals surface area contributed by atoms with Gasteiger partial charge in [0.1, 0.15) is 0 Å². The third-order valence-corrected chi connectivity index (χ3v) is 5.96. The average molecular weight is 341 g/mol. The lowest BCUT2D eigenvalue weighted by Gasteiger charge is -2.27. The molecule has 1 atom stereocenters. The normalized spacial score (nSPS) is 19.4. The van der Waals surface area contributed by atoms with Crippen LogP contribution in [0.3, 0.4) is 0 Å². The highest BCUT2D eigenvalue weighted by atomic mass is 32.2. The summed E-state index contributed by atoms with van der Waals surface area (Å²) in [5, 5.41) is 0. The van der Waals surface area contributed by atoms with E-state index in [-0.39, 0.29) is 23.5 Å². The Bertz CT molecular complexity index is 699. The fourth-order valence-corrected chi connectivity index (χ4v) is 4.69. The fraction of sp³-hybridized carbons (Fsp3) is 0.562. The number of hydrogen-bond donors (Lipinski definition) is 0. The molecule has 0 aliphatic carbocycles. The smallest absolute Gasteiger partial charge is 0.254 e. The Labute approximate surface area is 137 Å². The van der Waals surface area contributed by atoms with E-state index in [9.17, 15) is 13.2 Å². The summed E-state index contributed by atoms with van der Waals surface area (Å²) in [5.74, 6) is 1.06. The molecule has 0 bridgehead atoms. The van der Waals surface area contributed by atoms with Gasteiger partial charge in [0.05, 0.1) is 25.7 Å². The highest BCUT2D eigenvalue weighted by Gasteiger charge is 2.34. The minimum Gasteiger partial charge on any atom is -0.493 e. The Morgan fingerprint density at radius 3 is 2.35 bits per heavy atom. The zero-order chi connectivity index (χ0) is 17.2. The maximum atomic E-state index is 12.9. The van der Waals surface area contributed by atoms with Crippen LogP contribution in [0.5, 0.6) is 11.5 Å². The van der Waals surface area contributed by atoms with Crippen LogP contribution in [-0.2, 0) is 9.84 Å². The number of aryl methyl sites for hydroxylation is 1. The Kier molecular flexibility index (Phi) is 5.19. The predicted octanol–water partition coefficient (Wildman–Crippen LogP) is 1.66. The van der Waals surface area contributed by atoms with Crippen molar-refractivity contribution in [1.29, 1.82) is 0 Å². The summed E-state index contributed by atoms with van der Waals surface area (Å²) in [6.07, 6.45) is 0.494. The van der Waals surface area contributed by atoms with Crippen molar-refractivity contribution < 1.29 is 22.7 Å². The van der Waals surface area contributed by atoms with E-state index >= 15 is 0 Å². The Balaban J connectivity index is 2.34. The molecule has 128 valence electrons. The van der Waals surface area contributed by atoms with E-state index in [0.717, 1.165) is 5.56 Å². The van der Waals surface area contributed by atoms with Gasteiger partial charge < -0.3 is 14.4 Å². The molecule has 1 unspecified atom stereocenters. The van der Waals surface area contributed by atoms with Crippen LogP contribution in [0.15, 0.2) is 12.1 Å². The van der Waals surface area contributed by atoms with Gasteiger partial charge >= 0.3 is 0 Å². The maximum Gasteiger partial charge on any atom is 0.254 e. The fourth-order valence-electron chi connectivity index (χ4n) is 2.95. The Morgan fingerprint density at radius 2 is 1.87 bits per heavy atom. The molecule has 0 N–H and O–H groups in total. The van der Waals surface area contributed by atoms with Crippen molar-refractivity contribution in [3.63, 3.8) is 0 Å². The number of carbonyl (C=O) groups is 1. The lowest BCUT2D eigenvalue weighted by molar-refractivity contribution is 0.0707. The van der Waals surface area contributed by atoms with Gasteiger partial charge in [0.2, 0.25) is 0 Å². The first-order valence-corrected chi connectivity index (χ1v) is 9.39. The van der Waals surface area contributed by atoms with E-state index in [2.05, 4.69) is 0 Å². The minimum atomic E-state index is -3.04. The molecular weight excluding hydrogens is 318 g/mol. The minimum absolute atomic E-state index is 0.0406. The molecule has 1 saturated heterocycles. The summed E-state index contributed by atoms with van der Waals surface area (Å²) in [6, 6.07) is 3.15. The molecule has 1 fully saturated rings. The lowest BCUT2D eigenvalue weighted by atomic mass is 10.0. The van der Waals surface area contributed by atoms with E-state index in [1.54, 1.807) is 24.1 Å². The summed E-state index contributed by atoms with van der Waals surface area (Å²) in [6.45, 7) is 4.15. The zero-order valence-electron chi connectivity index (χ0n) is 14.0. The number of carbonyl (C=O) groups excluding carboxylic acids is 1. The second-order valence-electron chi connectivity index (χ2n) is 5.67. The van der Waals surface area contributed by atoms with Gasteiger partial charge in [0, 0.05) is 18.2 Å². The molecule has 7 heteroatoms. The number of nitrogens with zero attached hydrogens (tertiary/aromatic N) is 1. The number of rotatable bonds is 5. The van der Waals surface area contributed by atoms with Gasteiger partial charge in [0.15, 0.2) is 21.3 Å². The van der Waals surface area contributed by atoms with Crippen LogP contribution in [0.25, 0.3) is 0 Å². The van der Waals surface area contributed by atoms with E-state index in [1.807, 2.05) is 13.8 Å². The number of ether oxygens (including phenoxy) is 2. The number of sulfone groups is 1. The zero-order valence-corrected chi connectivity index (χ0v) is 14.8. The maximum absolute atomic E-state index is 12.9. The second-order valence-corrected chi connectivity index (χ2v) is 7.90. The second kappa shape index (κ2) is 6.78. The van der Waals surface area contributed by atoms with E-state index in [0.29, 0.717) is 30.0 Å². The van der Waals surface area contributed by atoms with Gasteiger partial charge in [-0.25, -0.2) is 8.42 Å². The topological polar surface area (TPSA) is 72.9 Å². The summed E-state index contributed by atoms with van der Waals surface area (Å²) in [4.78, 5) is 14.5. The molecular formula is C16H23NO5S. The van der Waals surface area contributed by atoms with Crippen molar-refractivity contribution >= 4 is 15.7 Å². The molecule has 6 nitrogen and oxygen atoms in total. The van der Waals surface area contributed by atoms with Crippen molar-refractivity contribution in [1.82, 2.24) is 4.90 Å². The molecule has 1 aliphatic heterocycles. The number of hydrogen-bond acceptors (Lipinski definition) is 5. The van der Waals surface area contributed by atoms with Crippen molar-refractivity contribution in [3.8, 4) is 11.5 Å². The summed E-state index contributed by atoms with van der Waals surface area (Å²) < 4.78 is 33.9. The monoisotopic (exact) mass is 341 g/mol. The summed E-state index contributed by atoms with van der Waals surface area (Å²) >= 11 is 0. The van der Waals surface area contributed by atoms with Gasteiger partial charge in [-0.05, 0) is 38.0 Å². The van der Waals surface area contributed by atoms with E-state index < -0.39 is 9.84 Å². The highest BCUT2D eigenvalue weighted by molar-refractivity contribution is 7.91. The van der Waals surface area contributed by atoms with Crippen molar-refractivity contribution in [3.05, 3.63) is 23.3 Å². The van der Waals surface area contributed by atoms with Gasteiger partial charge in [-0.3, -0.25) is 4.79 Å². The number of amides is 1. The van der Waals surface area contributed by atoms with Crippen molar-refractivity contribution in [2.75, 3.05) is 32.3 Å².